The average Bonchev–Trinajstić information content (AvgIpc) is 2.81. The van der Waals surface area contributed by atoms with Gasteiger partial charge in [0.05, 0.1) is 6.20 Å². The van der Waals surface area contributed by atoms with E-state index in [4.69, 9.17) is 0 Å². The van der Waals surface area contributed by atoms with Crippen LogP contribution in [0.15, 0.2) is 12.4 Å². The highest BCUT2D eigenvalue weighted by molar-refractivity contribution is 5.90. The van der Waals surface area contributed by atoms with E-state index in [2.05, 4.69) is 10.4 Å². The Kier molecular flexibility index (Phi) is 4.42. The molecule has 0 aliphatic carbocycles. The van der Waals surface area contributed by atoms with Crippen molar-refractivity contribution in [2.45, 2.75) is 46.3 Å². The van der Waals surface area contributed by atoms with Crippen LogP contribution in [0.3, 0.4) is 0 Å². The molecule has 0 spiro atoms. The third kappa shape index (κ3) is 3.18. The van der Waals surface area contributed by atoms with E-state index < -0.39 is 6.04 Å². The maximum atomic E-state index is 12.5. The van der Waals surface area contributed by atoms with Gasteiger partial charge in [-0.25, -0.2) is 0 Å². The molecule has 1 aromatic rings. The second kappa shape index (κ2) is 6.07. The number of aromatic nitrogens is 2. The first-order chi connectivity index (χ1) is 9.51. The van der Waals surface area contributed by atoms with E-state index in [0.29, 0.717) is 19.5 Å². The SMILES string of the molecule is CCn1cc(CN2CCC(=O)NC(C(C)C)C2=O)cn1. The molecular weight excluding hydrogens is 256 g/mol. The highest BCUT2D eigenvalue weighted by Gasteiger charge is 2.31. The van der Waals surface area contributed by atoms with E-state index in [0.717, 1.165) is 12.1 Å². The van der Waals surface area contributed by atoms with E-state index >= 15 is 0 Å². The van der Waals surface area contributed by atoms with E-state index in [1.165, 1.54) is 0 Å². The lowest BCUT2D eigenvalue weighted by atomic mass is 10.0. The molecular formula is C14H22N4O2. The monoisotopic (exact) mass is 278 g/mol. The van der Waals surface area contributed by atoms with Gasteiger partial charge in [-0.15, -0.1) is 0 Å². The lowest BCUT2D eigenvalue weighted by Crippen LogP contribution is -2.47. The summed E-state index contributed by atoms with van der Waals surface area (Å²) in [4.78, 5) is 25.9. The molecule has 110 valence electrons. The second-order valence-electron chi connectivity index (χ2n) is 5.50. The average molecular weight is 278 g/mol. The molecule has 2 amide bonds. The molecule has 0 aromatic carbocycles. The summed E-state index contributed by atoms with van der Waals surface area (Å²) in [6.07, 6.45) is 4.08. The molecule has 1 aromatic heterocycles. The Morgan fingerprint density at radius 3 is 2.80 bits per heavy atom. The zero-order valence-corrected chi connectivity index (χ0v) is 12.3. The molecule has 0 saturated carbocycles. The molecule has 0 radical (unpaired) electrons. The van der Waals surface area contributed by atoms with Crippen molar-refractivity contribution in [3.8, 4) is 0 Å². The van der Waals surface area contributed by atoms with Crippen LogP contribution in [0.25, 0.3) is 0 Å². The quantitative estimate of drug-likeness (QED) is 0.885. The van der Waals surface area contributed by atoms with Gasteiger partial charge in [0.15, 0.2) is 0 Å². The number of carbonyl (C=O) groups excluding carboxylic acids is 2. The summed E-state index contributed by atoms with van der Waals surface area (Å²) in [5, 5.41) is 7.02. The van der Waals surface area contributed by atoms with Crippen molar-refractivity contribution in [3.63, 3.8) is 0 Å². The van der Waals surface area contributed by atoms with Gasteiger partial charge >= 0.3 is 0 Å². The number of hydrogen-bond donors (Lipinski definition) is 1. The fourth-order valence-corrected chi connectivity index (χ4v) is 2.34. The number of nitrogens with zero attached hydrogens (tertiary/aromatic N) is 3. The van der Waals surface area contributed by atoms with Gasteiger partial charge in [0.1, 0.15) is 6.04 Å². The topological polar surface area (TPSA) is 67.2 Å². The van der Waals surface area contributed by atoms with Gasteiger partial charge < -0.3 is 10.2 Å². The third-order valence-electron chi connectivity index (χ3n) is 3.55. The third-order valence-corrected chi connectivity index (χ3v) is 3.55. The zero-order valence-electron chi connectivity index (χ0n) is 12.3. The van der Waals surface area contributed by atoms with Crippen molar-refractivity contribution in [1.29, 1.82) is 0 Å². The standard InChI is InChI=1S/C14H22N4O2/c1-4-18-9-11(7-15-18)8-17-6-5-12(19)16-13(10(2)3)14(17)20/h7,9-10,13H,4-6,8H2,1-3H3,(H,16,19). The molecule has 20 heavy (non-hydrogen) atoms. The van der Waals surface area contributed by atoms with E-state index in [-0.39, 0.29) is 17.7 Å². The van der Waals surface area contributed by atoms with Gasteiger partial charge in [-0.1, -0.05) is 13.8 Å². The fraction of sp³-hybridized carbons (Fsp3) is 0.643. The van der Waals surface area contributed by atoms with Crippen LogP contribution >= 0.6 is 0 Å². The first-order valence-electron chi connectivity index (χ1n) is 7.10. The van der Waals surface area contributed by atoms with Gasteiger partial charge in [-0.3, -0.25) is 14.3 Å². The van der Waals surface area contributed by atoms with Crippen LogP contribution in [0.5, 0.6) is 0 Å². The van der Waals surface area contributed by atoms with E-state index in [9.17, 15) is 9.59 Å². The lowest BCUT2D eigenvalue weighted by Gasteiger charge is -2.25. The molecule has 1 unspecified atom stereocenters. The Labute approximate surface area is 119 Å². The molecule has 6 heteroatoms. The van der Waals surface area contributed by atoms with E-state index in [1.807, 2.05) is 31.6 Å². The van der Waals surface area contributed by atoms with Gasteiger partial charge in [0.2, 0.25) is 11.8 Å². The Morgan fingerprint density at radius 1 is 1.45 bits per heavy atom. The Bertz CT molecular complexity index is 495. The number of nitrogens with one attached hydrogen (secondary N) is 1. The first kappa shape index (κ1) is 14.6. The molecule has 1 aliphatic rings. The molecule has 1 fully saturated rings. The van der Waals surface area contributed by atoms with Crippen LogP contribution in [-0.2, 0) is 22.7 Å². The van der Waals surface area contributed by atoms with Crippen LogP contribution in [0.4, 0.5) is 0 Å². The van der Waals surface area contributed by atoms with Gasteiger partial charge in [-0.2, -0.15) is 5.10 Å². The minimum atomic E-state index is -0.425. The summed E-state index contributed by atoms with van der Waals surface area (Å²) in [5.41, 5.74) is 0.997. The summed E-state index contributed by atoms with van der Waals surface area (Å²) in [6, 6.07) is -0.425. The molecule has 1 saturated heterocycles. The van der Waals surface area contributed by atoms with Crippen molar-refractivity contribution >= 4 is 11.8 Å². The Hall–Kier alpha value is -1.85. The summed E-state index contributed by atoms with van der Waals surface area (Å²) in [7, 11) is 0. The molecule has 2 rings (SSSR count). The molecule has 1 atom stereocenters. The molecule has 6 nitrogen and oxygen atoms in total. The van der Waals surface area contributed by atoms with Gasteiger partial charge in [0.25, 0.3) is 0 Å². The van der Waals surface area contributed by atoms with Crippen molar-refractivity contribution < 1.29 is 9.59 Å². The van der Waals surface area contributed by atoms with Crippen LogP contribution in [0.2, 0.25) is 0 Å². The maximum absolute atomic E-state index is 12.5. The number of aryl methyl sites for hydroxylation is 1. The van der Waals surface area contributed by atoms with Gasteiger partial charge in [0, 0.05) is 37.8 Å². The minimum absolute atomic E-state index is 0.00454. The minimum Gasteiger partial charge on any atom is -0.344 e. The summed E-state index contributed by atoms with van der Waals surface area (Å²) in [6.45, 7) is 7.69. The van der Waals surface area contributed by atoms with Crippen molar-refractivity contribution in [2.75, 3.05) is 6.54 Å². The predicted molar refractivity (Wildman–Crippen MR) is 74.7 cm³/mol. The van der Waals surface area contributed by atoms with Crippen molar-refractivity contribution in [2.24, 2.45) is 5.92 Å². The van der Waals surface area contributed by atoms with Crippen LogP contribution < -0.4 is 5.32 Å². The lowest BCUT2D eigenvalue weighted by molar-refractivity contribution is -0.135. The Morgan fingerprint density at radius 2 is 2.20 bits per heavy atom. The van der Waals surface area contributed by atoms with Crippen molar-refractivity contribution in [3.05, 3.63) is 18.0 Å². The Balaban J connectivity index is 2.12. The number of carbonyl (C=O) groups is 2. The fourth-order valence-electron chi connectivity index (χ4n) is 2.34. The molecule has 1 N–H and O–H groups in total. The number of hydrogen-bond acceptors (Lipinski definition) is 3. The van der Waals surface area contributed by atoms with Gasteiger partial charge in [-0.05, 0) is 12.8 Å². The first-order valence-corrected chi connectivity index (χ1v) is 7.10. The highest BCUT2D eigenvalue weighted by atomic mass is 16.2. The number of amides is 2. The van der Waals surface area contributed by atoms with E-state index in [1.54, 1.807) is 11.1 Å². The zero-order chi connectivity index (χ0) is 14.7. The summed E-state index contributed by atoms with van der Waals surface area (Å²) >= 11 is 0. The predicted octanol–water partition coefficient (Wildman–Crippen LogP) is 0.776. The smallest absolute Gasteiger partial charge is 0.245 e. The normalized spacial score (nSPS) is 20.2. The maximum Gasteiger partial charge on any atom is 0.245 e. The molecule has 0 bridgehead atoms. The molecule has 2 heterocycles. The van der Waals surface area contributed by atoms with Crippen LogP contribution in [0, 0.1) is 5.92 Å². The second-order valence-corrected chi connectivity index (χ2v) is 5.50. The van der Waals surface area contributed by atoms with Crippen molar-refractivity contribution in [1.82, 2.24) is 20.0 Å². The van der Waals surface area contributed by atoms with Crippen LogP contribution in [0.1, 0.15) is 32.8 Å². The summed E-state index contributed by atoms with van der Waals surface area (Å²) in [5.74, 6) is 0.0318. The molecule has 1 aliphatic heterocycles. The largest absolute Gasteiger partial charge is 0.344 e. The number of rotatable bonds is 4. The summed E-state index contributed by atoms with van der Waals surface area (Å²) < 4.78 is 1.83. The highest BCUT2D eigenvalue weighted by Crippen LogP contribution is 2.14. The van der Waals surface area contributed by atoms with Crippen LogP contribution in [-0.4, -0.2) is 39.1 Å².